The molecule has 306 valence electrons. The van der Waals surface area contributed by atoms with Gasteiger partial charge >= 0.3 is 24.3 Å². The van der Waals surface area contributed by atoms with Gasteiger partial charge < -0.3 is 25.6 Å². The third-order valence-electron chi connectivity index (χ3n) is 8.35. The van der Waals surface area contributed by atoms with E-state index < -0.39 is 35.7 Å². The number of nitrogens with one attached hydrogen (secondary N) is 3. The predicted molar refractivity (Wildman–Crippen MR) is 188 cm³/mol. The number of aromatic nitrogens is 2. The minimum Gasteiger partial charge on any atom is -0.489 e. The number of carboxylic acid groups (broad SMARTS) is 2. The van der Waals surface area contributed by atoms with Crippen molar-refractivity contribution in [2.45, 2.75) is 76.5 Å². The minimum absolute atomic E-state index is 0.0875. The number of aliphatic carboxylic acids is 2. The summed E-state index contributed by atoms with van der Waals surface area (Å²) < 4.78 is 69.5. The lowest BCUT2D eigenvalue weighted by molar-refractivity contribution is -0.193. The maximum absolute atomic E-state index is 13.3. The molecule has 2 heterocycles. The van der Waals surface area contributed by atoms with Crippen LogP contribution in [-0.2, 0) is 21.0 Å². The van der Waals surface area contributed by atoms with Gasteiger partial charge in [0.05, 0.1) is 11.9 Å². The highest BCUT2D eigenvalue weighted by Gasteiger charge is 2.40. The van der Waals surface area contributed by atoms with Crippen LogP contribution in [-0.4, -0.2) is 79.0 Å². The molecule has 5 rings (SSSR count). The van der Waals surface area contributed by atoms with Gasteiger partial charge in [-0.1, -0.05) is 18.2 Å². The Balaban J connectivity index is 0.000000531. The van der Waals surface area contributed by atoms with Gasteiger partial charge in [-0.3, -0.25) is 29.6 Å². The molecule has 1 saturated carbocycles. The van der Waals surface area contributed by atoms with Gasteiger partial charge in [0.2, 0.25) is 5.91 Å². The molecule has 0 atom stereocenters. The lowest BCUT2D eigenvalue weighted by Crippen LogP contribution is -2.55. The molecule has 2 aromatic carbocycles. The summed E-state index contributed by atoms with van der Waals surface area (Å²) in [4.78, 5) is 64.7. The second-order valence-corrected chi connectivity index (χ2v) is 12.8. The van der Waals surface area contributed by atoms with Gasteiger partial charge in [0.25, 0.3) is 11.8 Å². The van der Waals surface area contributed by atoms with E-state index in [2.05, 4.69) is 20.6 Å². The van der Waals surface area contributed by atoms with Gasteiger partial charge in [-0.25, -0.2) is 15.1 Å². The highest BCUT2D eigenvalue weighted by Crippen LogP contribution is 2.32. The number of para-hydroxylation sites is 1. The molecule has 20 heteroatoms. The van der Waals surface area contributed by atoms with E-state index in [-0.39, 0.29) is 24.3 Å². The highest BCUT2D eigenvalue weighted by molar-refractivity contribution is 5.95. The lowest BCUT2D eigenvalue weighted by atomic mass is 9.76. The second kappa shape index (κ2) is 19.5. The van der Waals surface area contributed by atoms with Gasteiger partial charge in [0.15, 0.2) is 0 Å². The average molecular weight is 810 g/mol. The summed E-state index contributed by atoms with van der Waals surface area (Å²) in [6.45, 7) is 4.20. The van der Waals surface area contributed by atoms with Gasteiger partial charge in [0.1, 0.15) is 18.1 Å². The molecule has 0 unspecified atom stereocenters. The molecule has 1 fully saturated rings. The van der Waals surface area contributed by atoms with Crippen molar-refractivity contribution in [1.82, 2.24) is 26.1 Å². The summed E-state index contributed by atoms with van der Waals surface area (Å²) in [5.41, 5.74) is 5.37. The Labute approximate surface area is 320 Å². The first-order chi connectivity index (χ1) is 26.6. The number of ether oxygens (including phenoxy) is 1. The Kier molecular flexibility index (Phi) is 15.4. The van der Waals surface area contributed by atoms with Gasteiger partial charge in [-0.05, 0) is 93.6 Å². The van der Waals surface area contributed by atoms with Crippen LogP contribution in [0, 0.1) is 13.8 Å². The number of halogens is 6. The number of carboxylic acids is 2. The summed E-state index contributed by atoms with van der Waals surface area (Å²) in [5.74, 6) is -6.08. The normalized spacial score (nSPS) is 16.4. The summed E-state index contributed by atoms with van der Waals surface area (Å²) >= 11 is 0. The molecule has 0 spiro atoms. The monoisotopic (exact) mass is 809 g/mol. The topological polar surface area (TPSA) is 217 Å². The molecule has 57 heavy (non-hydrogen) atoms. The zero-order chi connectivity index (χ0) is 42.6. The van der Waals surface area contributed by atoms with Crippen molar-refractivity contribution in [2.75, 3.05) is 0 Å². The van der Waals surface area contributed by atoms with Crippen molar-refractivity contribution in [3.8, 4) is 5.75 Å². The number of carbonyl (C=O) groups excluding carboxylic acids is 3. The number of hydrogen-bond donors (Lipinski definition) is 6. The molecule has 0 saturated heterocycles. The summed E-state index contributed by atoms with van der Waals surface area (Å²) in [6, 6.07) is 20.2. The largest absolute Gasteiger partial charge is 0.490 e. The Morgan fingerprint density at radius 1 is 0.842 bits per heavy atom. The average Bonchev–Trinajstić information content (AvgIpc) is 3.14. The fourth-order valence-corrected chi connectivity index (χ4v) is 5.62. The van der Waals surface area contributed by atoms with Crippen LogP contribution in [0.1, 0.15) is 69.8 Å². The van der Waals surface area contributed by atoms with Gasteiger partial charge in [-0.2, -0.15) is 26.3 Å². The minimum atomic E-state index is -5.08. The van der Waals surface area contributed by atoms with E-state index in [1.807, 2.05) is 50.2 Å². The quantitative estimate of drug-likeness (QED) is 0.0672. The second-order valence-electron chi connectivity index (χ2n) is 12.8. The van der Waals surface area contributed by atoms with Crippen LogP contribution in [0.5, 0.6) is 5.75 Å². The van der Waals surface area contributed by atoms with Crippen LogP contribution in [0.3, 0.4) is 0 Å². The molecular formula is C37H37F6N5O9. The molecule has 0 aliphatic heterocycles. The molecular weight excluding hydrogens is 772 g/mol. The molecule has 6 N–H and O–H groups in total. The van der Waals surface area contributed by atoms with E-state index in [1.54, 1.807) is 42.0 Å². The smallest absolute Gasteiger partial charge is 0.489 e. The Morgan fingerprint density at radius 2 is 1.42 bits per heavy atom. The van der Waals surface area contributed by atoms with Crippen molar-refractivity contribution >= 4 is 40.6 Å². The first-order valence-corrected chi connectivity index (χ1v) is 16.8. The maximum atomic E-state index is 13.3. The fourth-order valence-electron chi connectivity index (χ4n) is 5.62. The third kappa shape index (κ3) is 14.0. The van der Waals surface area contributed by atoms with Crippen LogP contribution >= 0.6 is 0 Å². The molecule has 4 aromatic rings. The Hall–Kier alpha value is -6.31. The van der Waals surface area contributed by atoms with Crippen molar-refractivity contribution in [2.24, 2.45) is 0 Å². The van der Waals surface area contributed by atoms with E-state index in [0.717, 1.165) is 27.7 Å². The maximum Gasteiger partial charge on any atom is 0.490 e. The first kappa shape index (κ1) is 45.1. The van der Waals surface area contributed by atoms with Crippen LogP contribution in [0.15, 0.2) is 72.9 Å². The molecule has 2 aromatic heterocycles. The van der Waals surface area contributed by atoms with Crippen LogP contribution in [0.4, 0.5) is 26.3 Å². The number of aryl methyl sites for hydroxylation is 2. The van der Waals surface area contributed by atoms with Crippen LogP contribution < -0.4 is 20.9 Å². The van der Waals surface area contributed by atoms with Crippen LogP contribution in [0.2, 0.25) is 0 Å². The zero-order valence-corrected chi connectivity index (χ0v) is 30.2. The third-order valence-corrected chi connectivity index (χ3v) is 8.35. The molecule has 1 aliphatic carbocycles. The number of alkyl halides is 6. The molecule has 14 nitrogen and oxygen atoms in total. The fraction of sp³-hybridized carbons (Fsp3) is 0.324. The Morgan fingerprint density at radius 3 is 1.96 bits per heavy atom. The number of fused-ring (bicyclic) bond motifs is 1. The number of rotatable bonds is 9. The first-order valence-electron chi connectivity index (χ1n) is 16.8. The van der Waals surface area contributed by atoms with E-state index in [4.69, 9.17) is 24.5 Å². The number of hydrogen-bond acceptors (Lipinski definition) is 9. The lowest BCUT2D eigenvalue weighted by Gasteiger charge is -2.40. The summed E-state index contributed by atoms with van der Waals surface area (Å²) in [5, 5.41) is 30.5. The SMILES string of the molecule is Cc1ccnc(C(=O)N[C@H]2CC[C@@](CC(=O)NO)(NC(=O)c3ccc(OCc4cc(C)nc5ccccc45)cc3)CC2)c1.O=C(O)C(F)(F)F.O=C(O)C(F)(F)F. The number of amides is 3. The molecule has 0 radical (unpaired) electrons. The highest BCUT2D eigenvalue weighted by atomic mass is 19.4. The number of hydroxylamine groups is 1. The van der Waals surface area contributed by atoms with Crippen molar-refractivity contribution < 1.29 is 70.5 Å². The summed E-state index contributed by atoms with van der Waals surface area (Å²) in [7, 11) is 0. The zero-order valence-electron chi connectivity index (χ0n) is 30.2. The van der Waals surface area contributed by atoms with Crippen molar-refractivity contribution in [1.29, 1.82) is 0 Å². The number of pyridine rings is 2. The number of carbonyl (C=O) groups is 5. The van der Waals surface area contributed by atoms with E-state index in [0.29, 0.717) is 49.3 Å². The van der Waals surface area contributed by atoms with E-state index in [1.165, 1.54) is 0 Å². The van der Waals surface area contributed by atoms with E-state index >= 15 is 0 Å². The van der Waals surface area contributed by atoms with Crippen molar-refractivity contribution in [3.05, 3.63) is 101 Å². The van der Waals surface area contributed by atoms with Crippen molar-refractivity contribution in [3.63, 3.8) is 0 Å². The van der Waals surface area contributed by atoms with Gasteiger partial charge in [0, 0.05) is 40.0 Å². The predicted octanol–water partition coefficient (Wildman–Crippen LogP) is 5.83. The number of nitrogens with zero attached hydrogens (tertiary/aromatic N) is 2. The molecule has 0 bridgehead atoms. The Bertz CT molecular complexity index is 2030. The molecule has 3 amide bonds. The summed E-state index contributed by atoms with van der Waals surface area (Å²) in [6.07, 6.45) is -6.67. The molecule has 1 aliphatic rings. The van der Waals surface area contributed by atoms with Gasteiger partial charge in [-0.15, -0.1) is 0 Å². The number of benzene rings is 2. The van der Waals surface area contributed by atoms with Crippen LogP contribution in [0.25, 0.3) is 10.9 Å². The van der Waals surface area contributed by atoms with E-state index in [9.17, 15) is 45.9 Å². The standard InChI is InChI=1S/C33H35N5O5.2C2HF3O2/c1-21-13-16-34-29(17-21)32(41)36-25-11-14-33(15-12-25,19-30(39)38-42)37-31(40)23-7-9-26(10-8-23)43-20-24-18-22(2)35-28-6-4-3-5-27(24)28;2*3-2(4,5)1(6)7/h3-10,13,16-18,25,42H,11-12,14-15,19-20H2,1-2H3,(H,36,41)(H,37,40)(H,38,39);2*(H,6,7)/t25-,33+;;.